The Bertz CT molecular complexity index is 673. The molecular weight excluding hydrogens is 240 g/mol. The Morgan fingerprint density at radius 3 is 2.94 bits per heavy atom. The molecule has 3 aromatic rings. The predicted molar refractivity (Wildman–Crippen MR) is 77.8 cm³/mol. The number of thiophene rings is 1. The second-order valence-corrected chi connectivity index (χ2v) is 5.13. The summed E-state index contributed by atoms with van der Waals surface area (Å²) in [6, 6.07) is 10.7. The fourth-order valence-electron chi connectivity index (χ4n) is 2.25. The summed E-state index contributed by atoms with van der Waals surface area (Å²) in [7, 11) is 0. The average molecular weight is 254 g/mol. The highest BCUT2D eigenvalue weighted by molar-refractivity contribution is 7.17. The third kappa shape index (κ3) is 1.92. The third-order valence-electron chi connectivity index (χ3n) is 3.09. The second-order valence-electron chi connectivity index (χ2n) is 4.22. The molecule has 18 heavy (non-hydrogen) atoms. The van der Waals surface area contributed by atoms with E-state index in [9.17, 15) is 0 Å². The smallest absolute Gasteiger partial charge is 0.0421 e. The van der Waals surface area contributed by atoms with Gasteiger partial charge in [0, 0.05) is 17.1 Å². The fourth-order valence-corrected chi connectivity index (χ4v) is 3.18. The predicted octanol–water partition coefficient (Wildman–Crippen LogP) is 3.46. The van der Waals surface area contributed by atoms with Crippen molar-refractivity contribution in [3.8, 4) is 11.1 Å². The molecule has 0 saturated heterocycles. The molecule has 0 fully saturated rings. The van der Waals surface area contributed by atoms with Crippen molar-refractivity contribution >= 4 is 21.4 Å². The molecule has 3 heteroatoms. The Morgan fingerprint density at radius 1 is 1.11 bits per heavy atom. The first kappa shape index (κ1) is 11.4. The maximum atomic E-state index is 5.67. The van der Waals surface area contributed by atoms with Gasteiger partial charge in [-0.1, -0.05) is 18.2 Å². The molecule has 0 bridgehead atoms. The number of hydrogen-bond acceptors (Lipinski definition) is 3. The molecule has 0 aliphatic rings. The largest absolute Gasteiger partial charge is 0.330 e. The SMILES string of the molecule is NCCc1cnccc1-c1cccc2ccsc12. The minimum atomic E-state index is 0.652. The number of aromatic nitrogens is 1. The van der Waals surface area contributed by atoms with Crippen LogP contribution in [0.4, 0.5) is 0 Å². The highest BCUT2D eigenvalue weighted by Gasteiger charge is 2.08. The van der Waals surface area contributed by atoms with Gasteiger partial charge in [0.25, 0.3) is 0 Å². The molecule has 0 amide bonds. The normalized spacial score (nSPS) is 10.9. The first-order chi connectivity index (χ1) is 8.90. The lowest BCUT2D eigenvalue weighted by Gasteiger charge is -2.09. The van der Waals surface area contributed by atoms with E-state index in [0.717, 1.165) is 6.42 Å². The van der Waals surface area contributed by atoms with Crippen LogP contribution in [0, 0.1) is 0 Å². The van der Waals surface area contributed by atoms with Crippen LogP contribution in [0.5, 0.6) is 0 Å². The molecule has 0 radical (unpaired) electrons. The zero-order valence-corrected chi connectivity index (χ0v) is 10.8. The lowest BCUT2D eigenvalue weighted by molar-refractivity contribution is 0.961. The minimum absolute atomic E-state index is 0.652. The van der Waals surface area contributed by atoms with E-state index >= 15 is 0 Å². The molecule has 2 aromatic heterocycles. The summed E-state index contributed by atoms with van der Waals surface area (Å²) in [6.45, 7) is 0.652. The van der Waals surface area contributed by atoms with Gasteiger partial charge >= 0.3 is 0 Å². The number of nitrogens with two attached hydrogens (primary N) is 1. The summed E-state index contributed by atoms with van der Waals surface area (Å²) in [5, 5.41) is 3.44. The van der Waals surface area contributed by atoms with Crippen LogP contribution in [0.3, 0.4) is 0 Å². The number of rotatable bonds is 3. The van der Waals surface area contributed by atoms with E-state index in [4.69, 9.17) is 5.73 Å². The number of nitrogens with zero attached hydrogens (tertiary/aromatic N) is 1. The van der Waals surface area contributed by atoms with Gasteiger partial charge in [-0.2, -0.15) is 0 Å². The van der Waals surface area contributed by atoms with Gasteiger partial charge in [0.2, 0.25) is 0 Å². The molecule has 0 aliphatic heterocycles. The maximum absolute atomic E-state index is 5.67. The average Bonchev–Trinajstić information content (AvgIpc) is 2.88. The zero-order chi connectivity index (χ0) is 12.4. The molecule has 2 heterocycles. The summed E-state index contributed by atoms with van der Waals surface area (Å²) in [4.78, 5) is 4.21. The standard InChI is InChI=1S/C15H14N2S/c16-7-4-12-10-17-8-5-13(12)14-3-1-2-11-6-9-18-15(11)14/h1-3,5-6,8-10H,4,7,16H2. The van der Waals surface area contributed by atoms with Gasteiger partial charge in [0.05, 0.1) is 0 Å². The molecule has 0 atom stereocenters. The Kier molecular flexibility index (Phi) is 3.09. The molecule has 0 spiro atoms. The van der Waals surface area contributed by atoms with Crippen molar-refractivity contribution in [3.05, 3.63) is 53.7 Å². The van der Waals surface area contributed by atoms with Crippen molar-refractivity contribution in [2.45, 2.75) is 6.42 Å². The van der Waals surface area contributed by atoms with Crippen molar-refractivity contribution in [2.24, 2.45) is 5.73 Å². The lowest BCUT2D eigenvalue weighted by atomic mass is 9.99. The monoisotopic (exact) mass is 254 g/mol. The zero-order valence-electron chi connectivity index (χ0n) is 9.97. The van der Waals surface area contributed by atoms with Crippen molar-refractivity contribution in [2.75, 3.05) is 6.54 Å². The van der Waals surface area contributed by atoms with Crippen molar-refractivity contribution < 1.29 is 0 Å². The van der Waals surface area contributed by atoms with E-state index in [0.29, 0.717) is 6.54 Å². The molecule has 0 saturated carbocycles. The summed E-state index contributed by atoms with van der Waals surface area (Å²) in [6.07, 6.45) is 4.64. The molecule has 0 aliphatic carbocycles. The topological polar surface area (TPSA) is 38.9 Å². The van der Waals surface area contributed by atoms with E-state index in [1.54, 1.807) is 11.3 Å². The molecular formula is C15H14N2S. The second kappa shape index (κ2) is 4.88. The highest BCUT2D eigenvalue weighted by Crippen LogP contribution is 2.33. The van der Waals surface area contributed by atoms with Gasteiger partial charge in [0.1, 0.15) is 0 Å². The molecule has 0 unspecified atom stereocenters. The first-order valence-corrected chi connectivity index (χ1v) is 6.87. The molecule has 2 nitrogen and oxygen atoms in total. The summed E-state index contributed by atoms with van der Waals surface area (Å²) < 4.78 is 1.34. The van der Waals surface area contributed by atoms with Crippen LogP contribution < -0.4 is 5.73 Å². The summed E-state index contributed by atoms with van der Waals surface area (Å²) in [5.74, 6) is 0. The third-order valence-corrected chi connectivity index (χ3v) is 4.05. The minimum Gasteiger partial charge on any atom is -0.330 e. The van der Waals surface area contributed by atoms with Gasteiger partial charge in [-0.25, -0.2) is 0 Å². The number of benzene rings is 1. The Morgan fingerprint density at radius 2 is 2.06 bits per heavy atom. The van der Waals surface area contributed by atoms with Gasteiger partial charge in [-0.05, 0) is 52.6 Å². The Labute approximate surface area is 110 Å². The van der Waals surface area contributed by atoms with Crippen LogP contribution in [-0.4, -0.2) is 11.5 Å². The summed E-state index contributed by atoms with van der Waals surface area (Å²) in [5.41, 5.74) is 9.44. The van der Waals surface area contributed by atoms with Crippen LogP contribution in [0.15, 0.2) is 48.1 Å². The van der Waals surface area contributed by atoms with Gasteiger partial charge < -0.3 is 5.73 Å². The molecule has 90 valence electrons. The lowest BCUT2D eigenvalue weighted by Crippen LogP contribution is -2.04. The van der Waals surface area contributed by atoms with Crippen LogP contribution in [0.1, 0.15) is 5.56 Å². The van der Waals surface area contributed by atoms with Crippen LogP contribution >= 0.6 is 11.3 Å². The van der Waals surface area contributed by atoms with Crippen LogP contribution in [0.25, 0.3) is 21.2 Å². The number of hydrogen-bond donors (Lipinski definition) is 1. The van der Waals surface area contributed by atoms with Crippen LogP contribution in [-0.2, 0) is 6.42 Å². The molecule has 1 aromatic carbocycles. The van der Waals surface area contributed by atoms with E-state index in [-0.39, 0.29) is 0 Å². The van der Waals surface area contributed by atoms with E-state index in [2.05, 4.69) is 40.7 Å². The van der Waals surface area contributed by atoms with Gasteiger partial charge in [-0.15, -0.1) is 11.3 Å². The number of pyridine rings is 1. The van der Waals surface area contributed by atoms with E-state index < -0.39 is 0 Å². The quantitative estimate of drug-likeness (QED) is 0.777. The van der Waals surface area contributed by atoms with E-state index in [1.807, 2.05) is 12.4 Å². The van der Waals surface area contributed by atoms with Crippen LogP contribution in [0.2, 0.25) is 0 Å². The Hall–Kier alpha value is -1.71. The van der Waals surface area contributed by atoms with Crippen molar-refractivity contribution in [3.63, 3.8) is 0 Å². The Balaban J connectivity index is 2.23. The van der Waals surface area contributed by atoms with E-state index in [1.165, 1.54) is 26.8 Å². The first-order valence-electron chi connectivity index (χ1n) is 5.99. The highest BCUT2D eigenvalue weighted by atomic mass is 32.1. The summed E-state index contributed by atoms with van der Waals surface area (Å²) >= 11 is 1.78. The maximum Gasteiger partial charge on any atom is 0.0421 e. The van der Waals surface area contributed by atoms with Crippen molar-refractivity contribution in [1.82, 2.24) is 4.98 Å². The molecule has 2 N–H and O–H groups in total. The van der Waals surface area contributed by atoms with Gasteiger partial charge in [-0.3, -0.25) is 4.98 Å². The fraction of sp³-hybridized carbons (Fsp3) is 0.133. The molecule has 3 rings (SSSR count). The van der Waals surface area contributed by atoms with Gasteiger partial charge in [0.15, 0.2) is 0 Å². The van der Waals surface area contributed by atoms with Crippen molar-refractivity contribution in [1.29, 1.82) is 0 Å². The number of fused-ring (bicyclic) bond motifs is 1.